The van der Waals surface area contributed by atoms with Gasteiger partial charge in [0.25, 0.3) is 0 Å². The number of para-hydroxylation sites is 1. The van der Waals surface area contributed by atoms with Crippen LogP contribution in [-0.2, 0) is 14.8 Å². The van der Waals surface area contributed by atoms with E-state index in [4.69, 9.17) is 4.74 Å². The molecule has 0 saturated heterocycles. The molecule has 0 saturated carbocycles. The van der Waals surface area contributed by atoms with Crippen LogP contribution in [0.4, 0.5) is 5.69 Å². The summed E-state index contributed by atoms with van der Waals surface area (Å²) >= 11 is 0. The van der Waals surface area contributed by atoms with E-state index in [0.717, 1.165) is 17.6 Å². The first-order valence-electron chi connectivity index (χ1n) is 9.26. The highest BCUT2D eigenvalue weighted by Crippen LogP contribution is 2.22. The van der Waals surface area contributed by atoms with Gasteiger partial charge < -0.3 is 10.1 Å². The Morgan fingerprint density at radius 1 is 1.11 bits per heavy atom. The zero-order chi connectivity index (χ0) is 20.7. The summed E-state index contributed by atoms with van der Waals surface area (Å²) in [6.07, 6.45) is 1.46. The lowest BCUT2D eigenvalue weighted by Gasteiger charge is -2.31. The Hall–Kier alpha value is -2.54. The van der Waals surface area contributed by atoms with E-state index in [2.05, 4.69) is 5.32 Å². The summed E-state index contributed by atoms with van der Waals surface area (Å²) < 4.78 is 31.6. The van der Waals surface area contributed by atoms with Crippen molar-refractivity contribution in [1.82, 2.24) is 5.32 Å². The maximum Gasteiger partial charge on any atom is 0.244 e. The molecule has 2 aromatic rings. The number of sulfonamides is 1. The van der Waals surface area contributed by atoms with Crippen LogP contribution in [-0.4, -0.2) is 39.3 Å². The lowest BCUT2D eigenvalue weighted by molar-refractivity contribution is -0.123. The topological polar surface area (TPSA) is 75.7 Å². The fourth-order valence-electron chi connectivity index (χ4n) is 2.87. The van der Waals surface area contributed by atoms with E-state index in [1.807, 2.05) is 38.1 Å². The van der Waals surface area contributed by atoms with E-state index < -0.39 is 16.1 Å². The van der Waals surface area contributed by atoms with Crippen molar-refractivity contribution in [3.63, 3.8) is 0 Å². The molecule has 1 amide bonds. The van der Waals surface area contributed by atoms with Gasteiger partial charge in [0.05, 0.1) is 18.0 Å². The predicted molar refractivity (Wildman–Crippen MR) is 112 cm³/mol. The van der Waals surface area contributed by atoms with Gasteiger partial charge in [-0.1, -0.05) is 42.8 Å². The number of amides is 1. The van der Waals surface area contributed by atoms with Crippen LogP contribution in [0.25, 0.3) is 0 Å². The lowest BCUT2D eigenvalue weighted by atomic mass is 10.1. The van der Waals surface area contributed by atoms with Gasteiger partial charge in [0.15, 0.2) is 0 Å². The number of hydrogen-bond donors (Lipinski definition) is 1. The van der Waals surface area contributed by atoms with Gasteiger partial charge in [-0.15, -0.1) is 0 Å². The van der Waals surface area contributed by atoms with Crippen molar-refractivity contribution in [2.24, 2.45) is 0 Å². The molecule has 6 nitrogen and oxygen atoms in total. The number of anilines is 1. The maximum atomic E-state index is 12.8. The first kappa shape index (κ1) is 21.8. The molecule has 0 aliphatic carbocycles. The highest BCUT2D eigenvalue weighted by atomic mass is 32.2. The lowest BCUT2D eigenvalue weighted by Crippen LogP contribution is -2.52. The zero-order valence-electron chi connectivity index (χ0n) is 16.8. The molecule has 0 unspecified atom stereocenters. The molecule has 7 heteroatoms. The smallest absolute Gasteiger partial charge is 0.244 e. The van der Waals surface area contributed by atoms with E-state index in [0.29, 0.717) is 12.1 Å². The van der Waals surface area contributed by atoms with Gasteiger partial charge in [0, 0.05) is 0 Å². The monoisotopic (exact) mass is 404 g/mol. The molecule has 0 spiro atoms. The number of benzene rings is 2. The molecule has 2 rings (SSSR count). The van der Waals surface area contributed by atoms with Crippen molar-refractivity contribution in [3.05, 3.63) is 60.2 Å². The van der Waals surface area contributed by atoms with Crippen LogP contribution in [0.2, 0.25) is 0 Å². The highest BCUT2D eigenvalue weighted by molar-refractivity contribution is 7.92. The zero-order valence-corrected chi connectivity index (χ0v) is 17.6. The number of nitrogens with one attached hydrogen (secondary N) is 1. The van der Waals surface area contributed by atoms with Gasteiger partial charge in [-0.25, -0.2) is 8.42 Å². The number of rotatable bonds is 9. The number of ether oxygens (including phenoxy) is 1. The van der Waals surface area contributed by atoms with Crippen LogP contribution in [0.5, 0.6) is 5.75 Å². The second-order valence-corrected chi connectivity index (χ2v) is 8.71. The first-order chi connectivity index (χ1) is 13.2. The second kappa shape index (κ2) is 9.59. The number of aryl methyl sites for hydroxylation is 1. The summed E-state index contributed by atoms with van der Waals surface area (Å²) in [5.74, 6) is 0.373. The summed E-state index contributed by atoms with van der Waals surface area (Å²) in [5, 5.41) is 2.86. The van der Waals surface area contributed by atoms with Crippen LogP contribution in [0, 0.1) is 6.92 Å². The number of nitrogens with zero attached hydrogens (tertiary/aromatic N) is 1. The SMILES string of the molecule is CC[C@H](C(=O)N[C@@H](C)COc1ccc(C)cc1)N(c1ccccc1)S(C)(=O)=O. The molecule has 0 bridgehead atoms. The Bertz CT molecular complexity index is 867. The van der Waals surface area contributed by atoms with E-state index in [-0.39, 0.29) is 18.6 Å². The molecule has 0 aromatic heterocycles. The highest BCUT2D eigenvalue weighted by Gasteiger charge is 2.31. The van der Waals surface area contributed by atoms with Gasteiger partial charge in [0.1, 0.15) is 18.4 Å². The minimum Gasteiger partial charge on any atom is -0.491 e. The fourth-order valence-corrected chi connectivity index (χ4v) is 4.08. The Labute approximate surface area is 167 Å². The van der Waals surface area contributed by atoms with E-state index in [1.54, 1.807) is 37.3 Å². The molecule has 0 aliphatic rings. The maximum absolute atomic E-state index is 12.8. The fraction of sp³-hybridized carbons (Fsp3) is 0.381. The summed E-state index contributed by atoms with van der Waals surface area (Å²) in [6.45, 7) is 5.90. The molecule has 2 aromatic carbocycles. The van der Waals surface area contributed by atoms with Gasteiger partial charge in [0.2, 0.25) is 15.9 Å². The van der Waals surface area contributed by atoms with Crippen molar-refractivity contribution in [2.75, 3.05) is 17.2 Å². The van der Waals surface area contributed by atoms with Crippen molar-refractivity contribution < 1.29 is 17.9 Å². The van der Waals surface area contributed by atoms with Crippen molar-refractivity contribution in [2.45, 2.75) is 39.3 Å². The summed E-state index contributed by atoms with van der Waals surface area (Å²) in [6, 6.07) is 15.2. The largest absolute Gasteiger partial charge is 0.491 e. The van der Waals surface area contributed by atoms with Gasteiger partial charge in [-0.3, -0.25) is 9.10 Å². The van der Waals surface area contributed by atoms with E-state index in [9.17, 15) is 13.2 Å². The van der Waals surface area contributed by atoms with Gasteiger partial charge in [-0.2, -0.15) is 0 Å². The predicted octanol–water partition coefficient (Wildman–Crippen LogP) is 3.12. The molecule has 28 heavy (non-hydrogen) atoms. The summed E-state index contributed by atoms with van der Waals surface area (Å²) in [4.78, 5) is 12.8. The van der Waals surface area contributed by atoms with Crippen LogP contribution < -0.4 is 14.4 Å². The number of carbonyl (C=O) groups is 1. The molecule has 0 heterocycles. The molecule has 0 radical (unpaired) electrons. The molecule has 152 valence electrons. The molecule has 0 aliphatic heterocycles. The van der Waals surface area contributed by atoms with E-state index in [1.165, 1.54) is 4.31 Å². The van der Waals surface area contributed by atoms with E-state index >= 15 is 0 Å². The molecule has 2 atom stereocenters. The minimum absolute atomic E-state index is 0.278. The van der Waals surface area contributed by atoms with Crippen molar-refractivity contribution >= 4 is 21.6 Å². The van der Waals surface area contributed by atoms with Crippen LogP contribution in [0.1, 0.15) is 25.8 Å². The molecular formula is C21H28N2O4S. The Kier molecular flexibility index (Phi) is 7.45. The Morgan fingerprint density at radius 2 is 1.71 bits per heavy atom. The van der Waals surface area contributed by atoms with Crippen LogP contribution in [0.3, 0.4) is 0 Å². The molecular weight excluding hydrogens is 376 g/mol. The Morgan fingerprint density at radius 3 is 2.25 bits per heavy atom. The standard InChI is InChI=1S/C21H28N2O4S/c1-5-20(23(28(4,25)26)18-9-7-6-8-10-18)21(24)22-17(3)15-27-19-13-11-16(2)12-14-19/h6-14,17,20H,5,15H2,1-4H3,(H,22,24)/t17-,20+/m0/s1. The van der Waals surface area contributed by atoms with Gasteiger partial charge in [-0.05, 0) is 44.5 Å². The quantitative estimate of drug-likeness (QED) is 0.697. The first-order valence-corrected chi connectivity index (χ1v) is 11.1. The third-order valence-corrected chi connectivity index (χ3v) is 5.43. The third-order valence-electron chi connectivity index (χ3n) is 4.25. The van der Waals surface area contributed by atoms with Gasteiger partial charge >= 0.3 is 0 Å². The van der Waals surface area contributed by atoms with Crippen LogP contribution in [0.15, 0.2) is 54.6 Å². The van der Waals surface area contributed by atoms with Crippen molar-refractivity contribution in [3.8, 4) is 5.75 Å². The summed E-state index contributed by atoms with van der Waals surface area (Å²) in [7, 11) is -3.63. The third kappa shape index (κ3) is 5.99. The van der Waals surface area contributed by atoms with Crippen molar-refractivity contribution in [1.29, 1.82) is 0 Å². The molecule has 0 fully saturated rings. The summed E-state index contributed by atoms with van der Waals surface area (Å²) in [5.41, 5.74) is 1.61. The second-order valence-electron chi connectivity index (χ2n) is 6.85. The molecule has 1 N–H and O–H groups in total. The van der Waals surface area contributed by atoms with Crippen LogP contribution >= 0.6 is 0 Å². The Balaban J connectivity index is 2.07. The number of hydrogen-bond acceptors (Lipinski definition) is 4. The number of carbonyl (C=O) groups excluding carboxylic acids is 1. The normalized spacial score (nSPS) is 13.4. The minimum atomic E-state index is -3.63. The average molecular weight is 405 g/mol. The average Bonchev–Trinajstić information content (AvgIpc) is 2.65.